The second kappa shape index (κ2) is 6.07. The molecule has 0 unspecified atom stereocenters. The van der Waals surface area contributed by atoms with Crippen molar-refractivity contribution in [2.45, 2.75) is 4.90 Å². The van der Waals surface area contributed by atoms with Crippen molar-refractivity contribution in [3.8, 4) is 5.75 Å². The fourth-order valence-electron chi connectivity index (χ4n) is 1.50. The monoisotopic (exact) mass is 365 g/mol. The molecular weight excluding hydrogens is 360 g/mol. The molecule has 0 atom stereocenters. The summed E-state index contributed by atoms with van der Waals surface area (Å²) < 4.78 is 42.2. The summed E-state index contributed by atoms with van der Waals surface area (Å²) in [6.07, 6.45) is 0. The minimum Gasteiger partial charge on any atom is -0.377 e. The zero-order valence-corrected chi connectivity index (χ0v) is 12.8. The predicted octanol–water partition coefficient (Wildman–Crippen LogP) is 3.81. The van der Waals surface area contributed by atoms with Gasteiger partial charge in [-0.05, 0) is 24.3 Å². The highest BCUT2D eigenvalue weighted by atomic mass is 35.5. The molecule has 0 heterocycles. The summed E-state index contributed by atoms with van der Waals surface area (Å²) in [7, 11) is -4.44. The molecule has 2 aromatic rings. The van der Waals surface area contributed by atoms with E-state index in [1.165, 1.54) is 18.2 Å². The van der Waals surface area contributed by atoms with Gasteiger partial charge >= 0.3 is 15.8 Å². The predicted molar refractivity (Wildman–Crippen MR) is 77.3 cm³/mol. The summed E-state index contributed by atoms with van der Waals surface area (Å²) in [5, 5.41) is 10.8. The van der Waals surface area contributed by atoms with Gasteiger partial charge in [-0.15, -0.1) is 0 Å². The summed E-state index contributed by atoms with van der Waals surface area (Å²) in [5.41, 5.74) is -0.984. The number of benzene rings is 2. The van der Waals surface area contributed by atoms with Crippen molar-refractivity contribution < 1.29 is 21.9 Å². The van der Waals surface area contributed by atoms with Crippen molar-refractivity contribution in [3.63, 3.8) is 0 Å². The van der Waals surface area contributed by atoms with Crippen LogP contribution < -0.4 is 4.18 Å². The van der Waals surface area contributed by atoms with Crippen molar-refractivity contribution in [2.24, 2.45) is 0 Å². The summed E-state index contributed by atoms with van der Waals surface area (Å²) in [6, 6.07) is 5.97. The van der Waals surface area contributed by atoms with Crippen LogP contribution in [0.4, 0.5) is 10.1 Å². The van der Waals surface area contributed by atoms with E-state index in [2.05, 4.69) is 0 Å². The van der Waals surface area contributed by atoms with E-state index in [1.54, 1.807) is 0 Å². The molecule has 0 saturated carbocycles. The first-order valence-electron chi connectivity index (χ1n) is 5.54. The van der Waals surface area contributed by atoms with Crippen LogP contribution in [-0.2, 0) is 10.1 Å². The Kier molecular flexibility index (Phi) is 4.55. The fraction of sp³-hybridized carbons (Fsp3) is 0. The van der Waals surface area contributed by atoms with Gasteiger partial charge in [0, 0.05) is 17.2 Å². The second-order valence-corrected chi connectivity index (χ2v) is 6.37. The van der Waals surface area contributed by atoms with Gasteiger partial charge in [0.15, 0.2) is 5.75 Å². The first kappa shape index (κ1) is 16.5. The number of rotatable bonds is 4. The van der Waals surface area contributed by atoms with Gasteiger partial charge in [0.05, 0.1) is 9.95 Å². The summed E-state index contributed by atoms with van der Waals surface area (Å²) in [5.74, 6) is -1.41. The minimum absolute atomic E-state index is 0.0235. The number of nitro groups is 1. The van der Waals surface area contributed by atoms with Crippen molar-refractivity contribution in [1.29, 1.82) is 0 Å². The van der Waals surface area contributed by atoms with Crippen LogP contribution in [0.5, 0.6) is 5.75 Å². The molecule has 10 heteroatoms. The van der Waals surface area contributed by atoms with Gasteiger partial charge in [0.1, 0.15) is 4.90 Å². The highest BCUT2D eigenvalue weighted by molar-refractivity contribution is 7.87. The molecule has 0 aromatic heterocycles. The van der Waals surface area contributed by atoms with Crippen LogP contribution in [-0.4, -0.2) is 13.3 Å². The molecule has 6 nitrogen and oxygen atoms in total. The molecule has 0 saturated heterocycles. The third kappa shape index (κ3) is 3.46. The molecule has 2 aromatic carbocycles. The van der Waals surface area contributed by atoms with Crippen LogP contribution in [0.15, 0.2) is 41.3 Å². The average Bonchev–Trinajstić information content (AvgIpc) is 2.42. The maximum atomic E-state index is 13.2. The van der Waals surface area contributed by atoms with Crippen molar-refractivity contribution in [1.82, 2.24) is 0 Å². The Morgan fingerprint density at radius 2 is 1.82 bits per heavy atom. The highest BCUT2D eigenvalue weighted by Gasteiger charge is 2.24. The quantitative estimate of drug-likeness (QED) is 0.467. The highest BCUT2D eigenvalue weighted by Crippen LogP contribution is 2.31. The lowest BCUT2D eigenvalue weighted by atomic mass is 10.3. The Morgan fingerprint density at radius 3 is 2.45 bits per heavy atom. The van der Waals surface area contributed by atoms with E-state index in [-0.39, 0.29) is 15.8 Å². The molecule has 0 aliphatic rings. The van der Waals surface area contributed by atoms with Crippen LogP contribution in [0.2, 0.25) is 10.0 Å². The fourth-order valence-corrected chi connectivity index (χ4v) is 2.82. The smallest absolute Gasteiger partial charge is 0.339 e. The van der Waals surface area contributed by atoms with Crippen molar-refractivity contribution in [2.75, 3.05) is 0 Å². The summed E-state index contributed by atoms with van der Waals surface area (Å²) in [4.78, 5) is 9.02. The van der Waals surface area contributed by atoms with Gasteiger partial charge in [-0.3, -0.25) is 10.1 Å². The molecule has 0 aliphatic heterocycles. The summed E-state index contributed by atoms with van der Waals surface area (Å²) >= 11 is 11.5. The van der Waals surface area contributed by atoms with Gasteiger partial charge in [-0.2, -0.15) is 12.8 Å². The molecule has 0 bridgehead atoms. The van der Waals surface area contributed by atoms with Gasteiger partial charge in [0.25, 0.3) is 0 Å². The lowest BCUT2D eigenvalue weighted by molar-refractivity contribution is -0.387. The lowest BCUT2D eigenvalue weighted by Gasteiger charge is -2.08. The Hall–Kier alpha value is -1.90. The van der Waals surface area contributed by atoms with Crippen molar-refractivity contribution in [3.05, 3.63) is 62.4 Å². The molecule has 0 radical (unpaired) electrons. The van der Waals surface area contributed by atoms with Gasteiger partial charge < -0.3 is 4.18 Å². The molecule has 0 spiro atoms. The maximum Gasteiger partial charge on any atom is 0.339 e. The maximum absolute atomic E-state index is 13.2. The lowest BCUT2D eigenvalue weighted by Crippen LogP contribution is -2.10. The molecule has 116 valence electrons. The Balaban J connectivity index is 2.45. The standard InChI is InChI=1S/C12H6Cl2FNO5S/c13-7-1-3-9(14)12(5-7)21-22(19,20)8-2-4-10(15)11(6-8)16(17)18/h1-6H. The minimum atomic E-state index is -4.44. The van der Waals surface area contributed by atoms with Crippen LogP contribution in [0, 0.1) is 15.9 Å². The largest absolute Gasteiger partial charge is 0.377 e. The number of nitrogens with zero attached hydrogens (tertiary/aromatic N) is 1. The van der Waals surface area contributed by atoms with E-state index in [4.69, 9.17) is 27.4 Å². The van der Waals surface area contributed by atoms with E-state index in [1.807, 2.05) is 0 Å². The molecule has 0 amide bonds. The number of hydrogen-bond acceptors (Lipinski definition) is 5. The Morgan fingerprint density at radius 1 is 1.14 bits per heavy atom. The van der Waals surface area contributed by atoms with Gasteiger partial charge in [0.2, 0.25) is 5.82 Å². The van der Waals surface area contributed by atoms with Crippen LogP contribution in [0.25, 0.3) is 0 Å². The Bertz CT molecular complexity index is 857. The van der Waals surface area contributed by atoms with E-state index >= 15 is 0 Å². The second-order valence-electron chi connectivity index (χ2n) is 3.98. The average molecular weight is 366 g/mol. The van der Waals surface area contributed by atoms with Crippen LogP contribution >= 0.6 is 23.2 Å². The molecule has 2 rings (SSSR count). The third-order valence-corrected chi connectivity index (χ3v) is 4.27. The van der Waals surface area contributed by atoms with Crippen LogP contribution in [0.1, 0.15) is 0 Å². The SMILES string of the molecule is O=[N+]([O-])c1cc(S(=O)(=O)Oc2cc(Cl)ccc2Cl)ccc1F. The van der Waals surface area contributed by atoms with E-state index in [9.17, 15) is 22.9 Å². The van der Waals surface area contributed by atoms with Gasteiger partial charge in [-0.1, -0.05) is 23.2 Å². The van der Waals surface area contributed by atoms with E-state index < -0.39 is 31.4 Å². The molecule has 22 heavy (non-hydrogen) atoms. The van der Waals surface area contributed by atoms with E-state index in [0.29, 0.717) is 12.1 Å². The normalized spacial score (nSPS) is 11.2. The molecular formula is C12H6Cl2FNO5S. The number of hydrogen-bond donors (Lipinski definition) is 0. The summed E-state index contributed by atoms with van der Waals surface area (Å²) in [6.45, 7) is 0. The molecule has 0 fully saturated rings. The molecule has 0 aliphatic carbocycles. The van der Waals surface area contributed by atoms with Crippen LogP contribution in [0.3, 0.4) is 0 Å². The first-order valence-corrected chi connectivity index (χ1v) is 7.70. The first-order chi connectivity index (χ1) is 10.2. The number of halogens is 3. The molecule has 0 N–H and O–H groups in total. The Labute approximate surface area is 134 Å². The third-order valence-electron chi connectivity index (χ3n) is 2.50. The zero-order chi connectivity index (χ0) is 16.5. The topological polar surface area (TPSA) is 86.5 Å². The zero-order valence-electron chi connectivity index (χ0n) is 10.5. The number of nitro benzene ring substituents is 1. The van der Waals surface area contributed by atoms with Crippen molar-refractivity contribution >= 4 is 39.0 Å². The van der Waals surface area contributed by atoms with E-state index in [0.717, 1.165) is 6.07 Å². The van der Waals surface area contributed by atoms with Gasteiger partial charge in [-0.25, -0.2) is 0 Å².